The summed E-state index contributed by atoms with van der Waals surface area (Å²) in [5.74, 6) is 1.00. The van der Waals surface area contributed by atoms with Crippen molar-refractivity contribution in [1.82, 2.24) is 14.8 Å². The number of hydrogen-bond donors (Lipinski definition) is 1. The number of aromatic amines is 1. The molecule has 0 bridgehead atoms. The van der Waals surface area contributed by atoms with Gasteiger partial charge in [-0.1, -0.05) is 25.1 Å². The molecule has 0 aliphatic heterocycles. The molecule has 1 N–H and O–H groups in total. The van der Waals surface area contributed by atoms with E-state index in [4.69, 9.17) is 4.74 Å². The fourth-order valence-electron chi connectivity index (χ4n) is 1.75. The number of ether oxygens (including phenoxy) is 1. The Kier molecular flexibility index (Phi) is 5.86. The van der Waals surface area contributed by atoms with Gasteiger partial charge in [0.25, 0.3) is 0 Å². The maximum absolute atomic E-state index is 12.7. The van der Waals surface area contributed by atoms with Gasteiger partial charge >= 0.3 is 5.69 Å². The van der Waals surface area contributed by atoms with Crippen LogP contribution in [0.15, 0.2) is 34.2 Å². The van der Waals surface area contributed by atoms with Crippen molar-refractivity contribution in [3.8, 4) is 5.75 Å². The number of thioether (sulfide) groups is 1. The van der Waals surface area contributed by atoms with E-state index in [1.807, 2.05) is 0 Å². The number of hydrogen-bond acceptors (Lipinski definition) is 4. The second-order valence-corrected chi connectivity index (χ2v) is 5.53. The van der Waals surface area contributed by atoms with Gasteiger partial charge < -0.3 is 4.74 Å². The van der Waals surface area contributed by atoms with E-state index in [1.54, 1.807) is 16.7 Å². The third kappa shape index (κ3) is 4.63. The number of halogens is 1. The van der Waals surface area contributed by atoms with Crippen LogP contribution in [0.25, 0.3) is 0 Å². The molecule has 1 aromatic heterocycles. The molecule has 0 aliphatic carbocycles. The zero-order chi connectivity index (χ0) is 15.1. The predicted octanol–water partition coefficient (Wildman–Crippen LogP) is 2.68. The average Bonchev–Trinajstić information content (AvgIpc) is 2.84. The Morgan fingerprint density at radius 1 is 1.38 bits per heavy atom. The lowest BCUT2D eigenvalue weighted by molar-refractivity contribution is 0.343. The van der Waals surface area contributed by atoms with Crippen molar-refractivity contribution in [2.75, 3.05) is 12.4 Å². The number of aromatic nitrogens is 3. The highest BCUT2D eigenvalue weighted by Gasteiger charge is 2.08. The van der Waals surface area contributed by atoms with Gasteiger partial charge in [0.05, 0.1) is 6.61 Å². The topological polar surface area (TPSA) is 59.9 Å². The average molecular weight is 311 g/mol. The quantitative estimate of drug-likeness (QED) is 0.601. The van der Waals surface area contributed by atoms with E-state index in [-0.39, 0.29) is 11.5 Å². The van der Waals surface area contributed by atoms with Gasteiger partial charge in [0, 0.05) is 12.3 Å². The highest BCUT2D eigenvalue weighted by atomic mass is 32.2. The number of rotatable bonds is 8. The van der Waals surface area contributed by atoms with Crippen LogP contribution in [0, 0.1) is 5.82 Å². The maximum atomic E-state index is 12.7. The van der Waals surface area contributed by atoms with E-state index in [2.05, 4.69) is 17.1 Å². The molecule has 0 fully saturated rings. The van der Waals surface area contributed by atoms with Crippen LogP contribution in [0.1, 0.15) is 19.8 Å². The Morgan fingerprint density at radius 3 is 2.86 bits per heavy atom. The Hall–Kier alpha value is -1.76. The van der Waals surface area contributed by atoms with Crippen LogP contribution in [-0.2, 0) is 6.54 Å². The SMILES string of the molecule is CCCCn1c(SCCOc2ccc(F)cc2)n[nH]c1=O. The van der Waals surface area contributed by atoms with E-state index in [0.29, 0.717) is 29.8 Å². The van der Waals surface area contributed by atoms with Crippen molar-refractivity contribution in [3.05, 3.63) is 40.6 Å². The molecule has 0 radical (unpaired) electrons. The number of H-pyrrole nitrogens is 1. The van der Waals surface area contributed by atoms with Crippen LogP contribution >= 0.6 is 11.8 Å². The Balaban J connectivity index is 1.80. The second kappa shape index (κ2) is 7.87. The summed E-state index contributed by atoms with van der Waals surface area (Å²) in [6.07, 6.45) is 1.97. The summed E-state index contributed by atoms with van der Waals surface area (Å²) < 4.78 is 19.9. The van der Waals surface area contributed by atoms with Crippen molar-refractivity contribution in [3.63, 3.8) is 0 Å². The highest BCUT2D eigenvalue weighted by Crippen LogP contribution is 2.15. The summed E-state index contributed by atoms with van der Waals surface area (Å²) in [6.45, 7) is 3.21. The van der Waals surface area contributed by atoms with Crippen molar-refractivity contribution < 1.29 is 9.13 Å². The minimum atomic E-state index is -0.284. The first kappa shape index (κ1) is 15.6. The molecular weight excluding hydrogens is 293 g/mol. The molecule has 0 spiro atoms. The van der Waals surface area contributed by atoms with E-state index >= 15 is 0 Å². The molecule has 0 unspecified atom stereocenters. The minimum Gasteiger partial charge on any atom is -0.493 e. The minimum absolute atomic E-state index is 0.176. The van der Waals surface area contributed by atoms with Gasteiger partial charge in [-0.05, 0) is 30.7 Å². The molecule has 2 rings (SSSR count). The molecule has 0 aliphatic rings. The van der Waals surface area contributed by atoms with Crippen LogP contribution in [0.4, 0.5) is 4.39 Å². The van der Waals surface area contributed by atoms with Gasteiger partial charge in [0.2, 0.25) is 0 Å². The van der Waals surface area contributed by atoms with Crippen LogP contribution in [0.5, 0.6) is 5.75 Å². The Bertz CT molecular complexity index is 609. The second-order valence-electron chi connectivity index (χ2n) is 4.47. The van der Waals surface area contributed by atoms with Crippen molar-refractivity contribution >= 4 is 11.8 Å². The fourth-order valence-corrected chi connectivity index (χ4v) is 2.54. The molecule has 7 heteroatoms. The lowest BCUT2D eigenvalue weighted by Gasteiger charge is -2.06. The lowest BCUT2D eigenvalue weighted by Crippen LogP contribution is -2.17. The molecule has 0 saturated heterocycles. The first-order valence-corrected chi connectivity index (χ1v) is 7.85. The standard InChI is InChI=1S/C14H18FN3O2S/c1-2-3-8-18-13(19)16-17-14(18)21-10-9-20-12-6-4-11(15)5-7-12/h4-7H,2-3,8-10H2,1H3,(H,16,19). The summed E-state index contributed by atoms with van der Waals surface area (Å²) in [6, 6.07) is 5.90. The van der Waals surface area contributed by atoms with Gasteiger partial charge in [-0.25, -0.2) is 14.3 Å². The van der Waals surface area contributed by atoms with E-state index in [1.165, 1.54) is 23.9 Å². The lowest BCUT2D eigenvalue weighted by atomic mass is 10.3. The van der Waals surface area contributed by atoms with Gasteiger partial charge in [-0.2, -0.15) is 0 Å². The molecule has 0 atom stereocenters. The Labute approximate surface area is 126 Å². The molecule has 2 aromatic rings. The molecule has 1 heterocycles. The highest BCUT2D eigenvalue weighted by molar-refractivity contribution is 7.99. The normalized spacial score (nSPS) is 10.8. The van der Waals surface area contributed by atoms with Crippen LogP contribution in [-0.4, -0.2) is 27.1 Å². The van der Waals surface area contributed by atoms with Gasteiger partial charge in [-0.15, -0.1) is 5.10 Å². The summed E-state index contributed by atoms with van der Waals surface area (Å²) in [5, 5.41) is 7.15. The number of nitrogens with one attached hydrogen (secondary N) is 1. The third-order valence-corrected chi connectivity index (χ3v) is 3.80. The molecule has 0 amide bonds. The summed E-state index contributed by atoms with van der Waals surface area (Å²) in [5.41, 5.74) is -0.176. The zero-order valence-corrected chi connectivity index (χ0v) is 12.7. The maximum Gasteiger partial charge on any atom is 0.343 e. The summed E-state index contributed by atoms with van der Waals surface area (Å²) in [7, 11) is 0. The molecule has 21 heavy (non-hydrogen) atoms. The molecule has 5 nitrogen and oxygen atoms in total. The van der Waals surface area contributed by atoms with Crippen LogP contribution < -0.4 is 10.4 Å². The first-order chi connectivity index (χ1) is 10.2. The van der Waals surface area contributed by atoms with Crippen LogP contribution in [0.2, 0.25) is 0 Å². The van der Waals surface area contributed by atoms with E-state index in [9.17, 15) is 9.18 Å². The molecule has 1 aromatic carbocycles. The molecule has 114 valence electrons. The number of unbranched alkanes of at least 4 members (excludes halogenated alkanes) is 1. The predicted molar refractivity (Wildman–Crippen MR) is 80.4 cm³/mol. The van der Waals surface area contributed by atoms with Crippen molar-refractivity contribution in [2.45, 2.75) is 31.5 Å². The van der Waals surface area contributed by atoms with Crippen LogP contribution in [0.3, 0.4) is 0 Å². The number of benzene rings is 1. The first-order valence-electron chi connectivity index (χ1n) is 6.87. The molecule has 0 saturated carbocycles. The smallest absolute Gasteiger partial charge is 0.343 e. The summed E-state index contributed by atoms with van der Waals surface area (Å²) in [4.78, 5) is 11.6. The van der Waals surface area contributed by atoms with E-state index < -0.39 is 0 Å². The van der Waals surface area contributed by atoms with Gasteiger partial charge in [0.15, 0.2) is 5.16 Å². The summed E-state index contributed by atoms with van der Waals surface area (Å²) >= 11 is 1.46. The largest absolute Gasteiger partial charge is 0.493 e. The number of nitrogens with zero attached hydrogens (tertiary/aromatic N) is 2. The van der Waals surface area contributed by atoms with Crippen molar-refractivity contribution in [1.29, 1.82) is 0 Å². The monoisotopic (exact) mass is 311 g/mol. The fraction of sp³-hybridized carbons (Fsp3) is 0.429. The molecular formula is C14H18FN3O2S. The Morgan fingerprint density at radius 2 is 2.14 bits per heavy atom. The van der Waals surface area contributed by atoms with Crippen molar-refractivity contribution in [2.24, 2.45) is 0 Å². The zero-order valence-electron chi connectivity index (χ0n) is 11.8. The van der Waals surface area contributed by atoms with Gasteiger partial charge in [-0.3, -0.25) is 4.57 Å². The van der Waals surface area contributed by atoms with E-state index in [0.717, 1.165) is 12.8 Å². The van der Waals surface area contributed by atoms with Gasteiger partial charge in [0.1, 0.15) is 11.6 Å². The third-order valence-electron chi connectivity index (χ3n) is 2.86.